The molecule has 0 aliphatic carbocycles. The summed E-state index contributed by atoms with van der Waals surface area (Å²) >= 11 is 1.78. The van der Waals surface area contributed by atoms with E-state index in [-0.39, 0.29) is 5.75 Å². The Hall–Kier alpha value is -2.33. The lowest BCUT2D eigenvalue weighted by Gasteiger charge is -1.99. The Labute approximate surface area is 113 Å². The van der Waals surface area contributed by atoms with Crippen LogP contribution in [-0.4, -0.2) is 15.3 Å². The zero-order valence-corrected chi connectivity index (χ0v) is 10.7. The summed E-state index contributed by atoms with van der Waals surface area (Å²) in [5.74, 6) is 0.180. The van der Waals surface area contributed by atoms with Crippen molar-refractivity contribution in [3.63, 3.8) is 0 Å². The molecule has 0 fully saturated rings. The Morgan fingerprint density at radius 1 is 1.00 bits per heavy atom. The molecule has 0 amide bonds. The number of nitrogens with one attached hydrogen (secondary N) is 1. The zero-order valence-electron chi connectivity index (χ0n) is 9.92. The molecule has 0 bridgehead atoms. The van der Waals surface area contributed by atoms with Gasteiger partial charge in [0.15, 0.2) is 5.75 Å². The first kappa shape index (κ1) is 10.6. The molecule has 4 aromatic rings. The highest BCUT2D eigenvalue weighted by Gasteiger charge is 2.09. The maximum Gasteiger partial charge on any atom is 0.161 e. The topological polar surface area (TPSA) is 48.9 Å². The van der Waals surface area contributed by atoms with E-state index in [1.54, 1.807) is 11.3 Å². The zero-order chi connectivity index (χ0) is 12.8. The van der Waals surface area contributed by atoms with Crippen molar-refractivity contribution in [3.8, 4) is 17.0 Å². The highest BCUT2D eigenvalue weighted by molar-refractivity contribution is 7.25. The molecule has 0 aliphatic heterocycles. The highest BCUT2D eigenvalue weighted by Crippen LogP contribution is 2.37. The van der Waals surface area contributed by atoms with Crippen LogP contribution in [0.5, 0.6) is 5.75 Å². The average Bonchev–Trinajstić information content (AvgIpc) is 3.01. The van der Waals surface area contributed by atoms with Crippen LogP contribution in [0.1, 0.15) is 0 Å². The molecule has 0 saturated heterocycles. The summed E-state index contributed by atoms with van der Waals surface area (Å²) in [7, 11) is 0. The van der Waals surface area contributed by atoms with E-state index in [0.717, 1.165) is 5.56 Å². The largest absolute Gasteiger partial charge is 0.504 e. The third kappa shape index (κ3) is 1.54. The number of hydrogen-bond donors (Lipinski definition) is 2. The SMILES string of the molecule is Oc1cn[nH]c1-c1ccc2sc3ccccc3c2c1. The minimum atomic E-state index is 0.180. The van der Waals surface area contributed by atoms with E-state index in [0.29, 0.717) is 5.69 Å². The second-order valence-corrected chi connectivity index (χ2v) is 5.52. The van der Waals surface area contributed by atoms with E-state index in [2.05, 4.69) is 46.6 Å². The van der Waals surface area contributed by atoms with Crippen molar-refractivity contribution < 1.29 is 5.11 Å². The second kappa shape index (κ2) is 3.83. The van der Waals surface area contributed by atoms with Crippen molar-refractivity contribution in [1.82, 2.24) is 10.2 Å². The fourth-order valence-electron chi connectivity index (χ4n) is 2.37. The van der Waals surface area contributed by atoms with Crippen LogP contribution < -0.4 is 0 Å². The first-order valence-electron chi connectivity index (χ1n) is 5.97. The Balaban J connectivity index is 2.05. The summed E-state index contributed by atoms with van der Waals surface area (Å²) < 4.78 is 2.53. The molecular formula is C15H10N2OS. The van der Waals surface area contributed by atoms with Gasteiger partial charge in [-0.3, -0.25) is 5.10 Å². The number of aromatic hydroxyl groups is 1. The van der Waals surface area contributed by atoms with Crippen molar-refractivity contribution >= 4 is 31.5 Å². The molecule has 0 aliphatic rings. The quantitative estimate of drug-likeness (QED) is 0.543. The van der Waals surface area contributed by atoms with Crippen LogP contribution in [0, 0.1) is 0 Å². The van der Waals surface area contributed by atoms with Gasteiger partial charge in [-0.2, -0.15) is 5.10 Å². The van der Waals surface area contributed by atoms with Crippen LogP contribution >= 0.6 is 11.3 Å². The molecule has 2 aromatic heterocycles. The lowest BCUT2D eigenvalue weighted by atomic mass is 10.1. The molecule has 0 radical (unpaired) electrons. The number of rotatable bonds is 1. The average molecular weight is 266 g/mol. The van der Waals surface area contributed by atoms with E-state index in [1.165, 1.54) is 26.4 Å². The lowest BCUT2D eigenvalue weighted by molar-refractivity contribution is 0.477. The molecule has 19 heavy (non-hydrogen) atoms. The summed E-state index contributed by atoms with van der Waals surface area (Å²) in [6.07, 6.45) is 1.42. The molecule has 2 aromatic carbocycles. The van der Waals surface area contributed by atoms with E-state index >= 15 is 0 Å². The van der Waals surface area contributed by atoms with E-state index < -0.39 is 0 Å². The Morgan fingerprint density at radius 3 is 2.68 bits per heavy atom. The van der Waals surface area contributed by atoms with Crippen LogP contribution in [0.15, 0.2) is 48.7 Å². The van der Waals surface area contributed by atoms with Gasteiger partial charge in [0, 0.05) is 25.7 Å². The summed E-state index contributed by atoms with van der Waals surface area (Å²) in [5, 5.41) is 18.9. The molecule has 2 N–H and O–H groups in total. The second-order valence-electron chi connectivity index (χ2n) is 4.44. The van der Waals surface area contributed by atoms with Crippen LogP contribution in [0.3, 0.4) is 0 Å². The fourth-order valence-corrected chi connectivity index (χ4v) is 3.46. The molecular weight excluding hydrogens is 256 g/mol. The van der Waals surface area contributed by atoms with Gasteiger partial charge in [-0.15, -0.1) is 11.3 Å². The van der Waals surface area contributed by atoms with Crippen molar-refractivity contribution in [3.05, 3.63) is 48.7 Å². The van der Waals surface area contributed by atoms with Gasteiger partial charge in [0.2, 0.25) is 0 Å². The summed E-state index contributed by atoms with van der Waals surface area (Å²) in [6.45, 7) is 0. The van der Waals surface area contributed by atoms with Crippen molar-refractivity contribution in [2.75, 3.05) is 0 Å². The third-order valence-electron chi connectivity index (χ3n) is 3.28. The van der Waals surface area contributed by atoms with Crippen molar-refractivity contribution in [2.45, 2.75) is 0 Å². The van der Waals surface area contributed by atoms with Crippen molar-refractivity contribution in [2.24, 2.45) is 0 Å². The number of aromatic amines is 1. The minimum Gasteiger partial charge on any atom is -0.504 e. The summed E-state index contributed by atoms with van der Waals surface area (Å²) in [5.41, 5.74) is 1.61. The smallest absolute Gasteiger partial charge is 0.161 e. The molecule has 0 atom stereocenters. The first-order valence-corrected chi connectivity index (χ1v) is 6.78. The van der Waals surface area contributed by atoms with Gasteiger partial charge in [0.05, 0.1) is 6.20 Å². The van der Waals surface area contributed by atoms with Gasteiger partial charge < -0.3 is 5.11 Å². The van der Waals surface area contributed by atoms with E-state index in [4.69, 9.17) is 0 Å². The van der Waals surface area contributed by atoms with Crippen LogP contribution in [0.25, 0.3) is 31.4 Å². The number of aromatic nitrogens is 2. The Kier molecular flexibility index (Phi) is 2.13. The molecule has 4 rings (SSSR count). The molecule has 0 unspecified atom stereocenters. The van der Waals surface area contributed by atoms with E-state index in [9.17, 15) is 5.11 Å². The van der Waals surface area contributed by atoms with Gasteiger partial charge in [-0.1, -0.05) is 24.3 Å². The number of hydrogen-bond acceptors (Lipinski definition) is 3. The van der Waals surface area contributed by atoms with Crippen LogP contribution in [0.4, 0.5) is 0 Å². The minimum absolute atomic E-state index is 0.180. The monoisotopic (exact) mass is 266 g/mol. The number of nitrogens with zero attached hydrogens (tertiary/aromatic N) is 1. The first-order chi connectivity index (χ1) is 9.33. The van der Waals surface area contributed by atoms with Gasteiger partial charge in [-0.25, -0.2) is 0 Å². The molecule has 0 saturated carbocycles. The van der Waals surface area contributed by atoms with Crippen LogP contribution in [0.2, 0.25) is 0 Å². The number of H-pyrrole nitrogens is 1. The van der Waals surface area contributed by atoms with Gasteiger partial charge in [0.1, 0.15) is 5.69 Å². The van der Waals surface area contributed by atoms with Gasteiger partial charge >= 0.3 is 0 Å². The molecule has 0 spiro atoms. The number of benzene rings is 2. The standard InChI is InChI=1S/C15H10N2OS/c18-12-8-16-17-15(12)9-5-6-14-11(7-9)10-3-1-2-4-13(10)19-14/h1-8,18H,(H,16,17). The van der Waals surface area contributed by atoms with Crippen LogP contribution in [-0.2, 0) is 0 Å². The maximum absolute atomic E-state index is 9.75. The van der Waals surface area contributed by atoms with E-state index in [1.807, 2.05) is 6.07 Å². The fraction of sp³-hybridized carbons (Fsp3) is 0. The molecule has 2 heterocycles. The van der Waals surface area contributed by atoms with Gasteiger partial charge in [-0.05, 0) is 18.2 Å². The lowest BCUT2D eigenvalue weighted by Crippen LogP contribution is -1.78. The number of fused-ring (bicyclic) bond motifs is 3. The predicted octanol–water partition coefficient (Wildman–Crippen LogP) is 4.15. The molecule has 4 heteroatoms. The normalized spacial score (nSPS) is 11.4. The highest BCUT2D eigenvalue weighted by atomic mass is 32.1. The molecule has 3 nitrogen and oxygen atoms in total. The summed E-state index contributed by atoms with van der Waals surface area (Å²) in [4.78, 5) is 0. The Bertz CT molecular complexity index is 891. The van der Waals surface area contributed by atoms with Gasteiger partial charge in [0.25, 0.3) is 0 Å². The maximum atomic E-state index is 9.75. The Morgan fingerprint density at radius 2 is 1.84 bits per heavy atom. The van der Waals surface area contributed by atoms with Crippen molar-refractivity contribution in [1.29, 1.82) is 0 Å². The number of thiophene rings is 1. The summed E-state index contributed by atoms with van der Waals surface area (Å²) in [6, 6.07) is 14.6. The predicted molar refractivity (Wildman–Crippen MR) is 78.6 cm³/mol. The molecule has 92 valence electrons. The third-order valence-corrected chi connectivity index (χ3v) is 4.44.